The number of nitrogens with one attached hydrogen (secondary N) is 1. The Bertz CT molecular complexity index is 670. The van der Waals surface area contributed by atoms with E-state index in [4.69, 9.17) is 4.74 Å². The van der Waals surface area contributed by atoms with Crippen LogP contribution in [0.5, 0.6) is 5.75 Å². The molecule has 0 radical (unpaired) electrons. The highest BCUT2D eigenvalue weighted by Crippen LogP contribution is 2.21. The zero-order chi connectivity index (χ0) is 16.1. The molecule has 2 rings (SSSR count). The lowest BCUT2D eigenvalue weighted by Gasteiger charge is -2.15. The average molecular weight is 362 g/mol. The van der Waals surface area contributed by atoms with Gasteiger partial charge in [0.2, 0.25) is 0 Å². The van der Waals surface area contributed by atoms with Crippen LogP contribution in [0.25, 0.3) is 0 Å². The van der Waals surface area contributed by atoms with Gasteiger partial charge in [-0.3, -0.25) is 4.79 Å². The van der Waals surface area contributed by atoms with Gasteiger partial charge in [0.15, 0.2) is 0 Å². The van der Waals surface area contributed by atoms with Crippen LogP contribution in [0.3, 0.4) is 0 Å². The molecule has 1 atom stereocenters. The van der Waals surface area contributed by atoms with Gasteiger partial charge in [0.1, 0.15) is 5.75 Å². The van der Waals surface area contributed by atoms with E-state index in [0.717, 1.165) is 21.3 Å². The number of hydrogen-bond acceptors (Lipinski definition) is 2. The molecule has 0 heterocycles. The van der Waals surface area contributed by atoms with Gasteiger partial charge in [-0.25, -0.2) is 0 Å². The van der Waals surface area contributed by atoms with Crippen molar-refractivity contribution in [2.45, 2.75) is 26.8 Å². The summed E-state index contributed by atoms with van der Waals surface area (Å²) in [5.74, 6) is 0.734. The molecular formula is C18H20BrNO2. The van der Waals surface area contributed by atoms with Crippen molar-refractivity contribution in [3.63, 3.8) is 0 Å². The molecule has 2 aromatic rings. The van der Waals surface area contributed by atoms with Gasteiger partial charge in [0.25, 0.3) is 5.91 Å². The Labute approximate surface area is 139 Å². The third-order valence-corrected chi connectivity index (χ3v) is 3.93. The third-order valence-electron chi connectivity index (χ3n) is 3.43. The minimum atomic E-state index is -0.0846. The summed E-state index contributed by atoms with van der Waals surface area (Å²) in [6.07, 6.45) is 0. The molecule has 2 aromatic carbocycles. The number of amides is 1. The fourth-order valence-corrected chi connectivity index (χ4v) is 2.66. The smallest absolute Gasteiger partial charge is 0.251 e. The first kappa shape index (κ1) is 16.6. The summed E-state index contributed by atoms with van der Waals surface area (Å²) in [7, 11) is 0. The quantitative estimate of drug-likeness (QED) is 0.841. The van der Waals surface area contributed by atoms with Crippen molar-refractivity contribution in [3.05, 3.63) is 63.6 Å². The number of carbonyl (C=O) groups excluding carboxylic acids is 1. The first-order valence-electron chi connectivity index (χ1n) is 7.31. The lowest BCUT2D eigenvalue weighted by molar-refractivity contribution is 0.0939. The number of hydrogen-bond donors (Lipinski definition) is 1. The van der Waals surface area contributed by atoms with E-state index in [-0.39, 0.29) is 11.9 Å². The van der Waals surface area contributed by atoms with Crippen LogP contribution in [0, 0.1) is 6.92 Å². The maximum Gasteiger partial charge on any atom is 0.251 e. The molecule has 22 heavy (non-hydrogen) atoms. The maximum atomic E-state index is 12.4. The van der Waals surface area contributed by atoms with Crippen molar-refractivity contribution in [3.8, 4) is 5.75 Å². The summed E-state index contributed by atoms with van der Waals surface area (Å²) in [6, 6.07) is 13.4. The van der Waals surface area contributed by atoms with E-state index in [1.54, 1.807) is 6.07 Å². The molecule has 0 bridgehead atoms. The molecule has 0 aliphatic carbocycles. The van der Waals surface area contributed by atoms with E-state index in [9.17, 15) is 4.79 Å². The maximum absolute atomic E-state index is 12.4. The van der Waals surface area contributed by atoms with Crippen LogP contribution in [-0.4, -0.2) is 12.5 Å². The fraction of sp³-hybridized carbons (Fsp3) is 0.278. The summed E-state index contributed by atoms with van der Waals surface area (Å²) in [6.45, 7) is 6.48. The second-order valence-corrected chi connectivity index (χ2v) is 6.08. The molecule has 0 fully saturated rings. The zero-order valence-corrected chi connectivity index (χ0v) is 14.6. The lowest BCUT2D eigenvalue weighted by atomic mass is 10.1. The van der Waals surface area contributed by atoms with E-state index in [0.29, 0.717) is 12.2 Å². The molecule has 0 spiro atoms. The van der Waals surface area contributed by atoms with Crippen LogP contribution in [0.1, 0.15) is 41.4 Å². The SMILES string of the molecule is CCOc1ccc(C(=O)N[C@@H](C)c2cccc(Br)c2)cc1C. The van der Waals surface area contributed by atoms with E-state index < -0.39 is 0 Å². The van der Waals surface area contributed by atoms with Gasteiger partial charge in [-0.05, 0) is 62.2 Å². The minimum absolute atomic E-state index is 0.0584. The van der Waals surface area contributed by atoms with Crippen molar-refractivity contribution in [2.75, 3.05) is 6.61 Å². The van der Waals surface area contributed by atoms with Gasteiger partial charge in [-0.15, -0.1) is 0 Å². The van der Waals surface area contributed by atoms with Crippen LogP contribution in [0.4, 0.5) is 0 Å². The molecule has 3 nitrogen and oxygen atoms in total. The van der Waals surface area contributed by atoms with E-state index in [1.807, 2.05) is 57.2 Å². The first-order chi connectivity index (χ1) is 10.5. The number of benzene rings is 2. The van der Waals surface area contributed by atoms with Crippen molar-refractivity contribution < 1.29 is 9.53 Å². The predicted molar refractivity (Wildman–Crippen MR) is 92.4 cm³/mol. The average Bonchev–Trinajstić information content (AvgIpc) is 2.49. The van der Waals surface area contributed by atoms with Crippen molar-refractivity contribution in [1.29, 1.82) is 0 Å². The molecule has 0 aliphatic rings. The summed E-state index contributed by atoms with van der Waals surface area (Å²) < 4.78 is 6.50. The highest BCUT2D eigenvalue weighted by atomic mass is 79.9. The van der Waals surface area contributed by atoms with E-state index in [1.165, 1.54) is 0 Å². The van der Waals surface area contributed by atoms with Crippen molar-refractivity contribution in [2.24, 2.45) is 0 Å². The second-order valence-electron chi connectivity index (χ2n) is 5.16. The van der Waals surface area contributed by atoms with E-state index >= 15 is 0 Å². The van der Waals surface area contributed by atoms with Crippen molar-refractivity contribution >= 4 is 21.8 Å². The molecule has 0 saturated heterocycles. The molecular weight excluding hydrogens is 342 g/mol. The highest BCUT2D eigenvalue weighted by molar-refractivity contribution is 9.10. The molecule has 0 aromatic heterocycles. The van der Waals surface area contributed by atoms with Crippen molar-refractivity contribution in [1.82, 2.24) is 5.32 Å². The number of rotatable bonds is 5. The largest absolute Gasteiger partial charge is 0.494 e. The standard InChI is InChI=1S/C18H20BrNO2/c1-4-22-17-9-8-15(10-12(17)2)18(21)20-13(3)14-6-5-7-16(19)11-14/h5-11,13H,4H2,1-3H3,(H,20,21)/t13-/m0/s1. The van der Waals surface area contributed by atoms with Crippen LogP contribution in [0.15, 0.2) is 46.9 Å². The van der Waals surface area contributed by atoms with Crippen LogP contribution in [-0.2, 0) is 0 Å². The monoisotopic (exact) mass is 361 g/mol. The van der Waals surface area contributed by atoms with Gasteiger partial charge < -0.3 is 10.1 Å². The molecule has 1 amide bonds. The summed E-state index contributed by atoms with van der Waals surface area (Å²) >= 11 is 3.45. The third kappa shape index (κ3) is 4.10. The summed E-state index contributed by atoms with van der Waals surface area (Å²) in [5, 5.41) is 3.02. The molecule has 0 aliphatic heterocycles. The topological polar surface area (TPSA) is 38.3 Å². The van der Waals surface area contributed by atoms with Crippen LogP contribution < -0.4 is 10.1 Å². The molecule has 0 saturated carbocycles. The Morgan fingerprint density at radius 2 is 2.05 bits per heavy atom. The summed E-state index contributed by atoms with van der Waals surface area (Å²) in [5.41, 5.74) is 2.66. The Kier molecular flexibility index (Phi) is 5.61. The normalized spacial score (nSPS) is 11.8. The number of halogens is 1. The molecule has 1 N–H and O–H groups in total. The van der Waals surface area contributed by atoms with E-state index in [2.05, 4.69) is 21.2 Å². The molecule has 0 unspecified atom stereocenters. The molecule has 4 heteroatoms. The fourth-order valence-electron chi connectivity index (χ4n) is 2.25. The van der Waals surface area contributed by atoms with Crippen LogP contribution in [0.2, 0.25) is 0 Å². The second kappa shape index (κ2) is 7.45. The number of carbonyl (C=O) groups is 1. The Morgan fingerprint density at radius 3 is 2.68 bits per heavy atom. The number of aryl methyl sites for hydroxylation is 1. The Hall–Kier alpha value is -1.81. The highest BCUT2D eigenvalue weighted by Gasteiger charge is 2.13. The Morgan fingerprint density at radius 1 is 1.27 bits per heavy atom. The number of ether oxygens (including phenoxy) is 1. The first-order valence-corrected chi connectivity index (χ1v) is 8.10. The minimum Gasteiger partial charge on any atom is -0.494 e. The van der Waals surface area contributed by atoms with Gasteiger partial charge in [0.05, 0.1) is 12.6 Å². The summed E-state index contributed by atoms with van der Waals surface area (Å²) in [4.78, 5) is 12.4. The van der Waals surface area contributed by atoms with Gasteiger partial charge in [0, 0.05) is 10.0 Å². The Balaban J connectivity index is 2.10. The van der Waals surface area contributed by atoms with Gasteiger partial charge in [-0.1, -0.05) is 28.1 Å². The van der Waals surface area contributed by atoms with Gasteiger partial charge in [-0.2, -0.15) is 0 Å². The van der Waals surface area contributed by atoms with Gasteiger partial charge >= 0.3 is 0 Å². The van der Waals surface area contributed by atoms with Crippen LogP contribution >= 0.6 is 15.9 Å². The molecule has 116 valence electrons. The zero-order valence-electron chi connectivity index (χ0n) is 13.0. The predicted octanol–water partition coefficient (Wildman–Crippen LogP) is 4.65. The lowest BCUT2D eigenvalue weighted by Crippen LogP contribution is -2.26.